The average Bonchev–Trinajstić information content (AvgIpc) is 2.46. The van der Waals surface area contributed by atoms with Crippen LogP contribution in [0.5, 0.6) is 0 Å². The van der Waals surface area contributed by atoms with E-state index >= 15 is 0 Å². The minimum absolute atomic E-state index is 0.292. The maximum atomic E-state index is 12.9. The van der Waals surface area contributed by atoms with E-state index in [2.05, 4.69) is 4.98 Å². The Bertz CT molecular complexity index is 453. The molecule has 0 saturated heterocycles. The van der Waals surface area contributed by atoms with Gasteiger partial charge in [0.1, 0.15) is 5.82 Å². The van der Waals surface area contributed by atoms with E-state index in [4.69, 9.17) is 0 Å². The first-order valence-corrected chi connectivity index (χ1v) is 6.46. The maximum Gasteiger partial charge on any atom is 0.349 e. The topological polar surface area (TPSA) is 52.0 Å². The molecular formula is C9H13FN2O2S. The van der Waals surface area contributed by atoms with E-state index in [0.717, 1.165) is 38.3 Å². The van der Waals surface area contributed by atoms with Crippen LogP contribution in [0.25, 0.3) is 0 Å². The predicted molar refractivity (Wildman–Crippen MR) is 52.7 cm³/mol. The first-order valence-electron chi connectivity index (χ1n) is 5.08. The van der Waals surface area contributed by atoms with Gasteiger partial charge in [-0.15, -0.1) is 0 Å². The zero-order valence-electron chi connectivity index (χ0n) is 8.32. The quantitative estimate of drug-likeness (QED) is 0.692. The van der Waals surface area contributed by atoms with Gasteiger partial charge in [-0.3, -0.25) is 0 Å². The highest BCUT2D eigenvalue weighted by Gasteiger charge is 2.21. The van der Waals surface area contributed by atoms with Crippen LogP contribution in [0.4, 0.5) is 3.89 Å². The monoisotopic (exact) mass is 232 g/mol. The van der Waals surface area contributed by atoms with Crippen molar-refractivity contribution in [2.75, 3.05) is 0 Å². The molecule has 0 saturated carbocycles. The fourth-order valence-electron chi connectivity index (χ4n) is 1.94. The van der Waals surface area contributed by atoms with Gasteiger partial charge in [-0.25, -0.2) is 4.98 Å². The lowest BCUT2D eigenvalue weighted by Gasteiger charge is -2.12. The van der Waals surface area contributed by atoms with Gasteiger partial charge in [0, 0.05) is 13.0 Å². The van der Waals surface area contributed by atoms with E-state index in [-0.39, 0.29) is 5.03 Å². The summed E-state index contributed by atoms with van der Waals surface area (Å²) < 4.78 is 36.1. The van der Waals surface area contributed by atoms with Crippen LogP contribution in [0.3, 0.4) is 0 Å². The Hall–Kier alpha value is -0.910. The highest BCUT2D eigenvalue weighted by molar-refractivity contribution is 7.86. The molecule has 0 amide bonds. The Morgan fingerprint density at radius 3 is 2.73 bits per heavy atom. The first kappa shape index (κ1) is 10.6. The second-order valence-corrected chi connectivity index (χ2v) is 5.06. The standard InChI is InChI=1S/C9H13FN2O2S/c10-15(13,14)9-7-11-8-5-3-1-2-4-6-12(8)9/h7H,1-6H2. The van der Waals surface area contributed by atoms with Crippen molar-refractivity contribution in [3.8, 4) is 0 Å². The number of aryl methyl sites for hydroxylation is 1. The Kier molecular flexibility index (Phi) is 2.77. The van der Waals surface area contributed by atoms with E-state index < -0.39 is 10.2 Å². The van der Waals surface area contributed by atoms with Crippen LogP contribution in [0, 0.1) is 0 Å². The van der Waals surface area contributed by atoms with E-state index in [9.17, 15) is 12.3 Å². The molecule has 0 fully saturated rings. The second-order valence-electron chi connectivity index (χ2n) is 3.77. The fraction of sp³-hybridized carbons (Fsp3) is 0.667. The van der Waals surface area contributed by atoms with Gasteiger partial charge < -0.3 is 4.57 Å². The van der Waals surface area contributed by atoms with E-state index in [1.807, 2.05) is 0 Å². The molecule has 1 aliphatic heterocycles. The van der Waals surface area contributed by atoms with Crippen LogP contribution < -0.4 is 0 Å². The fourth-order valence-corrected chi connectivity index (χ4v) is 2.57. The highest BCUT2D eigenvalue weighted by atomic mass is 32.3. The summed E-state index contributed by atoms with van der Waals surface area (Å²) >= 11 is 0. The van der Waals surface area contributed by atoms with Gasteiger partial charge in [0.05, 0.1) is 6.20 Å². The van der Waals surface area contributed by atoms with Crippen LogP contribution in [-0.4, -0.2) is 18.0 Å². The Morgan fingerprint density at radius 2 is 2.00 bits per heavy atom. The van der Waals surface area contributed by atoms with Crippen molar-refractivity contribution in [1.29, 1.82) is 0 Å². The number of halogens is 1. The summed E-state index contributed by atoms with van der Waals surface area (Å²) in [5.74, 6) is 0.686. The number of hydrogen-bond acceptors (Lipinski definition) is 3. The minimum Gasteiger partial charge on any atom is -0.317 e. The van der Waals surface area contributed by atoms with Crippen molar-refractivity contribution in [2.45, 2.75) is 43.7 Å². The van der Waals surface area contributed by atoms with E-state index in [1.54, 1.807) is 0 Å². The summed E-state index contributed by atoms with van der Waals surface area (Å²) in [5, 5.41) is -0.292. The van der Waals surface area contributed by atoms with Crippen LogP contribution in [-0.2, 0) is 23.2 Å². The van der Waals surface area contributed by atoms with E-state index in [0.29, 0.717) is 12.4 Å². The van der Waals surface area contributed by atoms with Crippen molar-refractivity contribution in [1.82, 2.24) is 9.55 Å². The van der Waals surface area contributed by atoms with Crippen LogP contribution in [0.1, 0.15) is 31.5 Å². The molecule has 1 aromatic heterocycles. The lowest BCUT2D eigenvalue weighted by Crippen LogP contribution is -2.11. The summed E-state index contributed by atoms with van der Waals surface area (Å²) in [6, 6.07) is 0. The highest BCUT2D eigenvalue weighted by Crippen LogP contribution is 2.20. The van der Waals surface area contributed by atoms with Crippen molar-refractivity contribution >= 4 is 10.2 Å². The van der Waals surface area contributed by atoms with Crippen LogP contribution in [0.2, 0.25) is 0 Å². The number of imidazole rings is 1. The molecule has 4 nitrogen and oxygen atoms in total. The third-order valence-electron chi connectivity index (χ3n) is 2.68. The van der Waals surface area contributed by atoms with Crippen molar-refractivity contribution < 1.29 is 12.3 Å². The number of rotatable bonds is 1. The molecular weight excluding hydrogens is 219 g/mol. The summed E-state index contributed by atoms with van der Waals surface area (Å²) in [6.45, 7) is 0.549. The smallest absolute Gasteiger partial charge is 0.317 e. The molecule has 2 heterocycles. The molecule has 0 spiro atoms. The third kappa shape index (κ3) is 2.19. The molecule has 15 heavy (non-hydrogen) atoms. The summed E-state index contributed by atoms with van der Waals surface area (Å²) in [5.41, 5.74) is 0. The average molecular weight is 232 g/mol. The van der Waals surface area contributed by atoms with Gasteiger partial charge in [0.25, 0.3) is 0 Å². The minimum atomic E-state index is -4.63. The summed E-state index contributed by atoms with van der Waals surface area (Å²) in [4.78, 5) is 3.97. The molecule has 1 aromatic rings. The summed E-state index contributed by atoms with van der Waals surface area (Å²) in [6.07, 6.45) is 5.91. The molecule has 1 aliphatic rings. The number of hydrogen-bond donors (Lipinski definition) is 0. The lowest BCUT2D eigenvalue weighted by atomic mass is 10.1. The molecule has 0 unspecified atom stereocenters. The van der Waals surface area contributed by atoms with Crippen molar-refractivity contribution in [3.63, 3.8) is 0 Å². The summed E-state index contributed by atoms with van der Waals surface area (Å²) in [7, 11) is -4.63. The molecule has 6 heteroatoms. The Labute approximate surface area is 88.3 Å². The molecule has 84 valence electrons. The first-order chi connectivity index (χ1) is 7.09. The van der Waals surface area contributed by atoms with Gasteiger partial charge >= 0.3 is 10.2 Å². The van der Waals surface area contributed by atoms with Gasteiger partial charge in [0.2, 0.25) is 0 Å². The lowest BCUT2D eigenvalue weighted by molar-refractivity contribution is 0.479. The number of aromatic nitrogens is 2. The maximum absolute atomic E-state index is 12.9. The van der Waals surface area contributed by atoms with Gasteiger partial charge in [-0.2, -0.15) is 8.42 Å². The SMILES string of the molecule is O=S(=O)(F)c1cnc2n1CCCCCC2. The molecule has 0 atom stereocenters. The molecule has 0 bridgehead atoms. The largest absolute Gasteiger partial charge is 0.349 e. The molecule has 0 aromatic carbocycles. The predicted octanol–water partition coefficient (Wildman–Crippen LogP) is 1.66. The normalized spacial score (nSPS) is 17.9. The Balaban J connectivity index is 2.43. The van der Waals surface area contributed by atoms with Gasteiger partial charge in [-0.05, 0) is 12.8 Å². The molecule has 0 N–H and O–H groups in total. The van der Waals surface area contributed by atoms with Crippen LogP contribution >= 0.6 is 0 Å². The molecule has 2 rings (SSSR count). The van der Waals surface area contributed by atoms with Crippen LogP contribution in [0.15, 0.2) is 11.2 Å². The van der Waals surface area contributed by atoms with Crippen molar-refractivity contribution in [3.05, 3.63) is 12.0 Å². The molecule has 0 radical (unpaired) electrons. The second kappa shape index (κ2) is 3.92. The Morgan fingerprint density at radius 1 is 1.27 bits per heavy atom. The molecule has 0 aliphatic carbocycles. The van der Waals surface area contributed by atoms with E-state index in [1.165, 1.54) is 4.57 Å². The third-order valence-corrected chi connectivity index (χ3v) is 3.51. The zero-order chi connectivity index (χ0) is 10.9. The number of nitrogens with zero attached hydrogens (tertiary/aromatic N) is 2. The van der Waals surface area contributed by atoms with Gasteiger partial charge in [-0.1, -0.05) is 16.7 Å². The zero-order valence-corrected chi connectivity index (χ0v) is 9.13. The number of fused-ring (bicyclic) bond motifs is 1. The van der Waals surface area contributed by atoms with Crippen molar-refractivity contribution in [2.24, 2.45) is 0 Å². The van der Waals surface area contributed by atoms with Gasteiger partial charge in [0.15, 0.2) is 5.03 Å².